The first-order chi connectivity index (χ1) is 13.4. The van der Waals surface area contributed by atoms with Gasteiger partial charge in [0.1, 0.15) is 5.78 Å². The van der Waals surface area contributed by atoms with E-state index in [4.69, 9.17) is 5.11 Å². The van der Waals surface area contributed by atoms with E-state index in [-0.39, 0.29) is 35.9 Å². The van der Waals surface area contributed by atoms with Gasteiger partial charge in [-0.1, -0.05) is 57.6 Å². The summed E-state index contributed by atoms with van der Waals surface area (Å²) >= 11 is 0. The van der Waals surface area contributed by atoms with E-state index in [9.17, 15) is 19.8 Å². The van der Waals surface area contributed by atoms with Crippen LogP contribution >= 0.6 is 0 Å². The van der Waals surface area contributed by atoms with Gasteiger partial charge in [0.05, 0.1) is 12.2 Å². The van der Waals surface area contributed by atoms with Crippen LogP contribution in [0.5, 0.6) is 0 Å². The minimum absolute atomic E-state index is 0.000285. The van der Waals surface area contributed by atoms with Crippen LogP contribution in [0.4, 0.5) is 0 Å². The molecule has 2 fully saturated rings. The van der Waals surface area contributed by atoms with Gasteiger partial charge in [-0.3, -0.25) is 9.59 Å². The Morgan fingerprint density at radius 3 is 2.54 bits per heavy atom. The van der Waals surface area contributed by atoms with Gasteiger partial charge in [-0.25, -0.2) is 0 Å². The summed E-state index contributed by atoms with van der Waals surface area (Å²) in [5.74, 6) is -1.03. The van der Waals surface area contributed by atoms with Crippen LogP contribution in [-0.4, -0.2) is 39.3 Å². The van der Waals surface area contributed by atoms with Crippen molar-refractivity contribution >= 4 is 11.8 Å². The highest BCUT2D eigenvalue weighted by molar-refractivity contribution is 5.84. The van der Waals surface area contributed by atoms with Crippen LogP contribution in [0.25, 0.3) is 0 Å². The van der Waals surface area contributed by atoms with Crippen molar-refractivity contribution in [3.63, 3.8) is 0 Å². The fraction of sp³-hybridized carbons (Fsp3) is 0.826. The largest absolute Gasteiger partial charge is 0.481 e. The third kappa shape index (κ3) is 6.15. The number of carbonyl (C=O) groups excluding carboxylic acids is 1. The standard InChI is InChI=1S/C23H38O5/c1-2-3-13-23(14-8-15-23)21(26)12-11-18-17(19(24)16-20(18)25)9-6-4-5-7-10-22(27)28/h11-12,17-18,20-21,25-26H,2-10,13-16H2,1H3,(H,27,28)/t17-,18-,20-,21?/m1/s1. The zero-order chi connectivity index (χ0) is 20.6. The molecule has 2 rings (SSSR count). The number of rotatable bonds is 13. The van der Waals surface area contributed by atoms with Crippen molar-refractivity contribution in [2.75, 3.05) is 0 Å². The molecule has 0 aromatic carbocycles. The number of Topliss-reactive ketones (excluding diaryl/α,β-unsaturated/α-hetero) is 1. The zero-order valence-corrected chi connectivity index (χ0v) is 17.3. The molecule has 3 N–H and O–H groups in total. The number of carboxylic acid groups (broad SMARTS) is 1. The van der Waals surface area contributed by atoms with Crippen molar-refractivity contribution in [2.24, 2.45) is 17.3 Å². The molecule has 0 saturated heterocycles. The normalized spacial score (nSPS) is 27.8. The van der Waals surface area contributed by atoms with E-state index in [1.54, 1.807) is 0 Å². The Balaban J connectivity index is 1.86. The van der Waals surface area contributed by atoms with Crippen molar-refractivity contribution in [3.05, 3.63) is 12.2 Å². The maximum Gasteiger partial charge on any atom is 0.303 e. The third-order valence-corrected chi connectivity index (χ3v) is 6.91. The quantitative estimate of drug-likeness (QED) is 0.320. The summed E-state index contributed by atoms with van der Waals surface area (Å²) in [5.41, 5.74) is -0.000285. The number of ketones is 1. The molecule has 2 saturated carbocycles. The zero-order valence-electron chi connectivity index (χ0n) is 17.3. The van der Waals surface area contributed by atoms with Gasteiger partial charge in [-0.2, -0.15) is 0 Å². The molecule has 5 heteroatoms. The van der Waals surface area contributed by atoms with Gasteiger partial charge in [-0.05, 0) is 37.5 Å². The van der Waals surface area contributed by atoms with Gasteiger partial charge in [0.15, 0.2) is 0 Å². The molecule has 5 nitrogen and oxygen atoms in total. The van der Waals surface area contributed by atoms with Crippen LogP contribution in [0.2, 0.25) is 0 Å². The lowest BCUT2D eigenvalue weighted by atomic mass is 9.62. The summed E-state index contributed by atoms with van der Waals surface area (Å²) in [5, 5.41) is 29.8. The molecule has 0 aliphatic heterocycles. The molecule has 0 aromatic rings. The second-order valence-electron chi connectivity index (χ2n) is 8.92. The monoisotopic (exact) mass is 394 g/mol. The van der Waals surface area contributed by atoms with E-state index >= 15 is 0 Å². The molecule has 2 aliphatic rings. The molecule has 4 atom stereocenters. The van der Waals surface area contributed by atoms with Crippen molar-refractivity contribution in [2.45, 2.75) is 103 Å². The Kier molecular flexibility index (Phi) is 9.16. The topological polar surface area (TPSA) is 94.8 Å². The molecular weight excluding hydrogens is 356 g/mol. The molecular formula is C23H38O5. The van der Waals surface area contributed by atoms with Crippen LogP contribution in [-0.2, 0) is 9.59 Å². The number of carboxylic acids is 1. The summed E-state index contributed by atoms with van der Waals surface area (Å²) in [6, 6.07) is 0. The summed E-state index contributed by atoms with van der Waals surface area (Å²) in [7, 11) is 0. The fourth-order valence-electron chi connectivity index (χ4n) is 4.88. The first-order valence-corrected chi connectivity index (χ1v) is 11.2. The first kappa shape index (κ1) is 23.1. The molecule has 2 aliphatic carbocycles. The second kappa shape index (κ2) is 11.1. The summed E-state index contributed by atoms with van der Waals surface area (Å²) in [6.45, 7) is 2.17. The van der Waals surface area contributed by atoms with E-state index < -0.39 is 18.2 Å². The molecule has 0 radical (unpaired) electrons. The summed E-state index contributed by atoms with van der Waals surface area (Å²) < 4.78 is 0. The highest BCUT2D eigenvalue weighted by Gasteiger charge is 2.43. The van der Waals surface area contributed by atoms with Crippen molar-refractivity contribution in [1.82, 2.24) is 0 Å². The number of unbranched alkanes of at least 4 members (excludes halogenated alkanes) is 4. The smallest absolute Gasteiger partial charge is 0.303 e. The van der Waals surface area contributed by atoms with E-state index in [0.29, 0.717) is 6.42 Å². The molecule has 0 heterocycles. The van der Waals surface area contributed by atoms with E-state index in [1.807, 2.05) is 12.2 Å². The maximum absolute atomic E-state index is 12.3. The highest BCUT2D eigenvalue weighted by atomic mass is 16.4. The Bertz CT molecular complexity index is 537. The van der Waals surface area contributed by atoms with Gasteiger partial charge in [-0.15, -0.1) is 0 Å². The number of hydrogen-bond donors (Lipinski definition) is 3. The number of aliphatic hydroxyl groups excluding tert-OH is 2. The lowest BCUT2D eigenvalue weighted by Gasteiger charge is -2.45. The minimum atomic E-state index is -0.763. The van der Waals surface area contributed by atoms with Gasteiger partial charge in [0.2, 0.25) is 0 Å². The van der Waals surface area contributed by atoms with Crippen LogP contribution in [0.1, 0.15) is 90.4 Å². The van der Waals surface area contributed by atoms with Crippen LogP contribution in [0, 0.1) is 17.3 Å². The number of aliphatic hydroxyl groups is 2. The van der Waals surface area contributed by atoms with Gasteiger partial charge in [0.25, 0.3) is 0 Å². The lowest BCUT2D eigenvalue weighted by Crippen LogP contribution is -2.40. The molecule has 0 aromatic heterocycles. The van der Waals surface area contributed by atoms with Crippen molar-refractivity contribution in [1.29, 1.82) is 0 Å². The maximum atomic E-state index is 12.3. The molecule has 0 bridgehead atoms. The van der Waals surface area contributed by atoms with E-state index in [2.05, 4.69) is 6.92 Å². The molecule has 0 spiro atoms. The Labute approximate surface area is 169 Å². The van der Waals surface area contributed by atoms with Crippen LogP contribution in [0.3, 0.4) is 0 Å². The van der Waals surface area contributed by atoms with Crippen molar-refractivity contribution in [3.8, 4) is 0 Å². The molecule has 160 valence electrons. The van der Waals surface area contributed by atoms with Crippen molar-refractivity contribution < 1.29 is 24.9 Å². The number of aliphatic carboxylic acids is 1. The van der Waals surface area contributed by atoms with Gasteiger partial charge in [0, 0.05) is 24.7 Å². The average molecular weight is 395 g/mol. The van der Waals surface area contributed by atoms with Gasteiger partial charge >= 0.3 is 5.97 Å². The van der Waals surface area contributed by atoms with Crippen LogP contribution < -0.4 is 0 Å². The first-order valence-electron chi connectivity index (χ1n) is 11.2. The number of hydrogen-bond acceptors (Lipinski definition) is 4. The molecule has 0 amide bonds. The van der Waals surface area contributed by atoms with E-state index in [1.165, 1.54) is 6.42 Å². The highest BCUT2D eigenvalue weighted by Crippen LogP contribution is 2.48. The molecule has 28 heavy (non-hydrogen) atoms. The van der Waals surface area contributed by atoms with Crippen LogP contribution in [0.15, 0.2) is 12.2 Å². The minimum Gasteiger partial charge on any atom is -0.481 e. The Morgan fingerprint density at radius 2 is 1.93 bits per heavy atom. The predicted molar refractivity (Wildman–Crippen MR) is 109 cm³/mol. The lowest BCUT2D eigenvalue weighted by molar-refractivity contribution is -0.137. The fourth-order valence-corrected chi connectivity index (χ4v) is 4.88. The summed E-state index contributed by atoms with van der Waals surface area (Å²) in [4.78, 5) is 22.9. The second-order valence-corrected chi connectivity index (χ2v) is 8.92. The van der Waals surface area contributed by atoms with E-state index in [0.717, 1.165) is 57.8 Å². The SMILES string of the molecule is CCCCC1(C(O)C=C[C@H]2[C@H](O)CC(=O)[C@@H]2CCCCCCC(=O)O)CCC1. The third-order valence-electron chi connectivity index (χ3n) is 6.91. The number of carbonyl (C=O) groups is 2. The Hall–Kier alpha value is -1.20. The predicted octanol–water partition coefficient (Wildman–Crippen LogP) is 4.26. The average Bonchev–Trinajstić information content (AvgIpc) is 2.88. The Morgan fingerprint density at radius 1 is 1.21 bits per heavy atom. The summed E-state index contributed by atoms with van der Waals surface area (Å²) in [6.07, 6.45) is 13.6. The molecule has 1 unspecified atom stereocenters. The van der Waals surface area contributed by atoms with Gasteiger partial charge < -0.3 is 15.3 Å².